The van der Waals surface area contributed by atoms with Crippen molar-refractivity contribution in [3.8, 4) is 11.4 Å². The third-order valence-electron chi connectivity index (χ3n) is 3.15. The van der Waals surface area contributed by atoms with Gasteiger partial charge < -0.3 is 5.32 Å². The van der Waals surface area contributed by atoms with Crippen LogP contribution in [0.3, 0.4) is 0 Å². The highest BCUT2D eigenvalue weighted by Gasteiger charge is 2.04. The smallest absolute Gasteiger partial charge is 0.155 e. The SMILES string of the molecule is Cc1cnc(C)c(NCc2cccc(-c3ncn[nH]3)c2)n1. The van der Waals surface area contributed by atoms with Crippen LogP contribution in [0.2, 0.25) is 0 Å². The Morgan fingerprint density at radius 2 is 2.10 bits per heavy atom. The number of anilines is 1. The molecule has 0 fully saturated rings. The van der Waals surface area contributed by atoms with Crippen LogP contribution in [0.5, 0.6) is 0 Å². The molecule has 2 N–H and O–H groups in total. The van der Waals surface area contributed by atoms with E-state index in [1.54, 1.807) is 6.20 Å². The molecule has 0 saturated carbocycles. The molecule has 3 aromatic rings. The van der Waals surface area contributed by atoms with Crippen molar-refractivity contribution >= 4 is 5.82 Å². The molecule has 1 aromatic carbocycles. The Balaban J connectivity index is 1.76. The van der Waals surface area contributed by atoms with E-state index in [4.69, 9.17) is 0 Å². The number of benzene rings is 1. The van der Waals surface area contributed by atoms with Crippen LogP contribution >= 0.6 is 0 Å². The van der Waals surface area contributed by atoms with Crippen molar-refractivity contribution in [1.29, 1.82) is 0 Å². The Morgan fingerprint density at radius 3 is 2.90 bits per heavy atom. The van der Waals surface area contributed by atoms with Gasteiger partial charge in [-0.05, 0) is 25.5 Å². The molecule has 0 aliphatic heterocycles. The maximum atomic E-state index is 4.46. The average molecular weight is 280 g/mol. The molecule has 21 heavy (non-hydrogen) atoms. The minimum Gasteiger partial charge on any atom is -0.364 e. The first kappa shape index (κ1) is 13.2. The van der Waals surface area contributed by atoms with Gasteiger partial charge in [0.05, 0.1) is 11.4 Å². The van der Waals surface area contributed by atoms with Crippen molar-refractivity contribution in [2.45, 2.75) is 20.4 Å². The number of nitrogens with one attached hydrogen (secondary N) is 2. The van der Waals surface area contributed by atoms with Gasteiger partial charge in [0.15, 0.2) is 5.82 Å². The van der Waals surface area contributed by atoms with E-state index in [9.17, 15) is 0 Å². The number of hydrogen-bond donors (Lipinski definition) is 2. The van der Waals surface area contributed by atoms with Gasteiger partial charge in [-0.15, -0.1) is 0 Å². The van der Waals surface area contributed by atoms with E-state index in [0.717, 1.165) is 34.2 Å². The summed E-state index contributed by atoms with van der Waals surface area (Å²) in [5, 5.41) is 10.1. The molecule has 6 nitrogen and oxygen atoms in total. The second-order valence-electron chi connectivity index (χ2n) is 4.83. The summed E-state index contributed by atoms with van der Waals surface area (Å²) < 4.78 is 0. The van der Waals surface area contributed by atoms with Crippen LogP contribution in [0.1, 0.15) is 17.0 Å². The Labute approximate surface area is 122 Å². The number of nitrogens with zero attached hydrogens (tertiary/aromatic N) is 4. The summed E-state index contributed by atoms with van der Waals surface area (Å²) >= 11 is 0. The van der Waals surface area contributed by atoms with Crippen LogP contribution in [-0.2, 0) is 6.54 Å². The highest BCUT2D eigenvalue weighted by Crippen LogP contribution is 2.17. The molecule has 0 spiro atoms. The number of aromatic amines is 1. The third-order valence-corrected chi connectivity index (χ3v) is 3.15. The molecule has 0 radical (unpaired) electrons. The molecular weight excluding hydrogens is 264 g/mol. The normalized spacial score (nSPS) is 10.6. The topological polar surface area (TPSA) is 79.4 Å². The van der Waals surface area contributed by atoms with Crippen molar-refractivity contribution in [2.75, 3.05) is 5.32 Å². The summed E-state index contributed by atoms with van der Waals surface area (Å²) in [6.07, 6.45) is 3.27. The van der Waals surface area contributed by atoms with Crippen LogP contribution in [0, 0.1) is 13.8 Å². The maximum Gasteiger partial charge on any atom is 0.155 e. The number of aromatic nitrogens is 5. The van der Waals surface area contributed by atoms with Gasteiger partial charge in [-0.2, -0.15) is 5.10 Å². The van der Waals surface area contributed by atoms with E-state index in [1.807, 2.05) is 26.0 Å². The van der Waals surface area contributed by atoms with Gasteiger partial charge >= 0.3 is 0 Å². The summed E-state index contributed by atoms with van der Waals surface area (Å²) in [5.74, 6) is 1.59. The zero-order valence-electron chi connectivity index (χ0n) is 12.0. The molecule has 6 heteroatoms. The molecule has 0 saturated heterocycles. The van der Waals surface area contributed by atoms with Gasteiger partial charge in [0.1, 0.15) is 12.1 Å². The molecule has 0 amide bonds. The van der Waals surface area contributed by atoms with E-state index in [0.29, 0.717) is 6.54 Å². The molecule has 106 valence electrons. The minimum atomic E-state index is 0.681. The lowest BCUT2D eigenvalue weighted by Crippen LogP contribution is -2.05. The van der Waals surface area contributed by atoms with Crippen molar-refractivity contribution in [2.24, 2.45) is 0 Å². The number of hydrogen-bond acceptors (Lipinski definition) is 5. The second kappa shape index (κ2) is 5.70. The molecule has 0 atom stereocenters. The van der Waals surface area contributed by atoms with Gasteiger partial charge in [-0.25, -0.2) is 9.97 Å². The minimum absolute atomic E-state index is 0.681. The van der Waals surface area contributed by atoms with Crippen LogP contribution in [-0.4, -0.2) is 25.1 Å². The van der Waals surface area contributed by atoms with Gasteiger partial charge in [0.2, 0.25) is 0 Å². The van der Waals surface area contributed by atoms with Crippen molar-refractivity contribution < 1.29 is 0 Å². The zero-order valence-corrected chi connectivity index (χ0v) is 12.0. The fraction of sp³-hybridized carbons (Fsp3) is 0.200. The highest BCUT2D eigenvalue weighted by atomic mass is 15.2. The first-order valence-electron chi connectivity index (χ1n) is 6.71. The average Bonchev–Trinajstić information content (AvgIpc) is 3.03. The van der Waals surface area contributed by atoms with E-state index < -0.39 is 0 Å². The van der Waals surface area contributed by atoms with Crippen molar-refractivity contribution in [1.82, 2.24) is 25.1 Å². The van der Waals surface area contributed by atoms with Gasteiger partial charge in [0.25, 0.3) is 0 Å². The number of aryl methyl sites for hydroxylation is 2. The fourth-order valence-electron chi connectivity index (χ4n) is 2.06. The highest BCUT2D eigenvalue weighted by molar-refractivity contribution is 5.55. The van der Waals surface area contributed by atoms with Gasteiger partial charge in [-0.3, -0.25) is 10.1 Å². The van der Waals surface area contributed by atoms with Crippen molar-refractivity contribution in [3.05, 3.63) is 53.7 Å². The Hall–Kier alpha value is -2.76. The predicted molar refractivity (Wildman–Crippen MR) is 80.7 cm³/mol. The molecular formula is C15H16N6. The summed E-state index contributed by atoms with van der Waals surface area (Å²) in [6, 6.07) is 8.14. The molecule has 3 rings (SSSR count). The molecule has 0 aliphatic rings. The molecule has 0 unspecified atom stereocenters. The summed E-state index contributed by atoms with van der Waals surface area (Å²) in [4.78, 5) is 12.9. The summed E-state index contributed by atoms with van der Waals surface area (Å²) in [5.41, 5.74) is 3.95. The largest absolute Gasteiger partial charge is 0.364 e. The number of rotatable bonds is 4. The van der Waals surface area contributed by atoms with E-state index in [2.05, 4.69) is 42.6 Å². The lowest BCUT2D eigenvalue weighted by Gasteiger charge is -2.09. The predicted octanol–water partition coefficient (Wildman–Crippen LogP) is 2.49. The zero-order chi connectivity index (χ0) is 14.7. The van der Waals surface area contributed by atoms with Gasteiger partial charge in [0, 0.05) is 18.3 Å². The molecule has 0 aliphatic carbocycles. The monoisotopic (exact) mass is 280 g/mol. The first-order chi connectivity index (χ1) is 10.2. The van der Waals surface area contributed by atoms with Crippen LogP contribution in [0.15, 0.2) is 36.8 Å². The molecule has 2 aromatic heterocycles. The van der Waals surface area contributed by atoms with Crippen molar-refractivity contribution in [3.63, 3.8) is 0 Å². The lowest BCUT2D eigenvalue weighted by atomic mass is 10.1. The fourth-order valence-corrected chi connectivity index (χ4v) is 2.06. The third kappa shape index (κ3) is 3.05. The van der Waals surface area contributed by atoms with Gasteiger partial charge in [-0.1, -0.05) is 18.2 Å². The first-order valence-corrected chi connectivity index (χ1v) is 6.71. The lowest BCUT2D eigenvalue weighted by molar-refractivity contribution is 1.02. The van der Waals surface area contributed by atoms with Crippen LogP contribution < -0.4 is 5.32 Å². The van der Waals surface area contributed by atoms with E-state index in [1.165, 1.54) is 6.33 Å². The standard InChI is InChI=1S/C15H16N6/c1-10-7-16-11(2)14(20-10)17-8-12-4-3-5-13(6-12)15-18-9-19-21-15/h3-7,9H,8H2,1-2H3,(H,17,20)(H,18,19,21). The number of H-pyrrole nitrogens is 1. The summed E-state index contributed by atoms with van der Waals surface area (Å²) in [6.45, 7) is 4.56. The summed E-state index contributed by atoms with van der Waals surface area (Å²) in [7, 11) is 0. The molecule has 0 bridgehead atoms. The van der Waals surface area contributed by atoms with Crippen LogP contribution in [0.4, 0.5) is 5.82 Å². The Morgan fingerprint density at radius 1 is 1.19 bits per heavy atom. The maximum absolute atomic E-state index is 4.46. The Bertz CT molecular complexity index is 736. The van der Waals surface area contributed by atoms with E-state index in [-0.39, 0.29) is 0 Å². The van der Waals surface area contributed by atoms with E-state index >= 15 is 0 Å². The quantitative estimate of drug-likeness (QED) is 0.767. The Kier molecular flexibility index (Phi) is 3.59. The molecule has 2 heterocycles. The second-order valence-corrected chi connectivity index (χ2v) is 4.83. The van der Waals surface area contributed by atoms with Crippen LogP contribution in [0.25, 0.3) is 11.4 Å².